The number of nitrogens with zero attached hydrogens (tertiary/aromatic N) is 1. The highest BCUT2D eigenvalue weighted by molar-refractivity contribution is 5.92. The summed E-state index contributed by atoms with van der Waals surface area (Å²) >= 11 is 0. The van der Waals surface area contributed by atoms with Crippen molar-refractivity contribution in [1.82, 2.24) is 0 Å². The zero-order valence-electron chi connectivity index (χ0n) is 11.3. The summed E-state index contributed by atoms with van der Waals surface area (Å²) in [7, 11) is 0. The summed E-state index contributed by atoms with van der Waals surface area (Å²) in [5.74, 6) is 0. The molecule has 0 aliphatic rings. The lowest BCUT2D eigenvalue weighted by atomic mass is 10.0. The fourth-order valence-electron chi connectivity index (χ4n) is 2.32. The molecule has 0 spiro atoms. The van der Waals surface area contributed by atoms with Crippen molar-refractivity contribution in [3.63, 3.8) is 0 Å². The van der Waals surface area contributed by atoms with Crippen LogP contribution in [0.25, 0.3) is 22.9 Å². The molecule has 3 nitrogen and oxygen atoms in total. The number of nitro benzene ring substituents is 1. The molecule has 102 valence electrons. The van der Waals surface area contributed by atoms with Crippen LogP contribution in [-0.4, -0.2) is 4.92 Å². The molecule has 3 heteroatoms. The van der Waals surface area contributed by atoms with Crippen LogP contribution in [0.5, 0.6) is 0 Å². The highest BCUT2D eigenvalue weighted by Crippen LogP contribution is 2.21. The van der Waals surface area contributed by atoms with Crippen molar-refractivity contribution in [3.05, 3.63) is 88.0 Å². The summed E-state index contributed by atoms with van der Waals surface area (Å²) in [6, 6.07) is 20.9. The average molecular weight is 275 g/mol. The summed E-state index contributed by atoms with van der Waals surface area (Å²) < 4.78 is 0. The number of benzene rings is 3. The maximum Gasteiger partial charge on any atom is 0.270 e. The highest BCUT2D eigenvalue weighted by atomic mass is 16.6. The van der Waals surface area contributed by atoms with Crippen molar-refractivity contribution in [2.24, 2.45) is 0 Å². The van der Waals surface area contributed by atoms with Crippen LogP contribution in [0.1, 0.15) is 11.1 Å². The summed E-state index contributed by atoms with van der Waals surface area (Å²) in [4.78, 5) is 10.4. The first-order valence-electron chi connectivity index (χ1n) is 6.64. The molecule has 0 bridgehead atoms. The Hall–Kier alpha value is -2.94. The van der Waals surface area contributed by atoms with Gasteiger partial charge in [0.2, 0.25) is 0 Å². The Kier molecular flexibility index (Phi) is 3.48. The third-order valence-electron chi connectivity index (χ3n) is 3.36. The Bertz CT molecular complexity index is 832. The Labute approximate surface area is 122 Å². The Morgan fingerprint density at radius 1 is 0.857 bits per heavy atom. The number of nitro groups is 1. The predicted octanol–water partition coefficient (Wildman–Crippen LogP) is 4.92. The lowest BCUT2D eigenvalue weighted by molar-refractivity contribution is -0.384. The van der Waals surface area contributed by atoms with E-state index in [9.17, 15) is 10.1 Å². The van der Waals surface area contributed by atoms with E-state index in [0.717, 1.165) is 11.1 Å². The second kappa shape index (κ2) is 5.59. The molecule has 0 aliphatic carbocycles. The monoisotopic (exact) mass is 275 g/mol. The minimum Gasteiger partial charge on any atom is -0.258 e. The van der Waals surface area contributed by atoms with Crippen molar-refractivity contribution in [3.8, 4) is 0 Å². The number of non-ortho nitro benzene ring substituents is 1. The molecule has 21 heavy (non-hydrogen) atoms. The molecular weight excluding hydrogens is 262 g/mol. The zero-order valence-corrected chi connectivity index (χ0v) is 11.3. The molecule has 0 aromatic heterocycles. The molecule has 0 amide bonds. The lowest BCUT2D eigenvalue weighted by Gasteiger charge is -2.01. The third-order valence-corrected chi connectivity index (χ3v) is 3.36. The molecule has 0 N–H and O–H groups in total. The van der Waals surface area contributed by atoms with Crippen LogP contribution in [-0.2, 0) is 0 Å². The van der Waals surface area contributed by atoms with Crippen LogP contribution >= 0.6 is 0 Å². The van der Waals surface area contributed by atoms with Crippen molar-refractivity contribution in [1.29, 1.82) is 0 Å². The van der Waals surface area contributed by atoms with Crippen LogP contribution in [0, 0.1) is 10.1 Å². The average Bonchev–Trinajstić information content (AvgIpc) is 2.53. The van der Waals surface area contributed by atoms with E-state index in [2.05, 4.69) is 18.2 Å². The van der Waals surface area contributed by atoms with E-state index in [1.54, 1.807) is 12.1 Å². The Balaban J connectivity index is 1.98. The third kappa shape index (κ3) is 2.82. The SMILES string of the molecule is O=[N+]([O-])c1cccc(C=Cc2cccc3ccccc23)c1. The second-order valence-corrected chi connectivity index (χ2v) is 4.75. The number of hydrogen-bond donors (Lipinski definition) is 0. The minimum absolute atomic E-state index is 0.107. The van der Waals surface area contributed by atoms with E-state index in [4.69, 9.17) is 0 Å². The maximum absolute atomic E-state index is 10.8. The van der Waals surface area contributed by atoms with E-state index in [1.165, 1.54) is 16.8 Å². The summed E-state index contributed by atoms with van der Waals surface area (Å²) in [5, 5.41) is 13.1. The highest BCUT2D eigenvalue weighted by Gasteiger charge is 2.03. The van der Waals surface area contributed by atoms with Gasteiger partial charge in [0.1, 0.15) is 0 Å². The smallest absolute Gasteiger partial charge is 0.258 e. The molecule has 0 atom stereocenters. The molecule has 0 radical (unpaired) electrons. The Morgan fingerprint density at radius 3 is 2.48 bits per heavy atom. The fraction of sp³-hybridized carbons (Fsp3) is 0. The van der Waals surface area contributed by atoms with Crippen LogP contribution < -0.4 is 0 Å². The molecular formula is C18H13NO2. The van der Waals surface area contributed by atoms with E-state index >= 15 is 0 Å². The standard InChI is InChI=1S/C18H13NO2/c20-19(21)17-9-3-5-14(13-17)11-12-16-8-4-7-15-6-1-2-10-18(15)16/h1-13H. The van der Waals surface area contributed by atoms with Gasteiger partial charge in [-0.3, -0.25) is 10.1 Å². The molecule has 0 unspecified atom stereocenters. The topological polar surface area (TPSA) is 43.1 Å². The van der Waals surface area contributed by atoms with Gasteiger partial charge in [0.05, 0.1) is 4.92 Å². The van der Waals surface area contributed by atoms with Gasteiger partial charge < -0.3 is 0 Å². The second-order valence-electron chi connectivity index (χ2n) is 4.75. The fourth-order valence-corrected chi connectivity index (χ4v) is 2.32. The first-order valence-corrected chi connectivity index (χ1v) is 6.64. The zero-order chi connectivity index (χ0) is 14.7. The van der Waals surface area contributed by atoms with E-state index in [1.807, 2.05) is 42.5 Å². The molecule has 0 saturated carbocycles. The molecule has 0 saturated heterocycles. The molecule has 3 rings (SSSR count). The molecule has 3 aromatic rings. The van der Waals surface area contributed by atoms with Gasteiger partial charge in [-0.1, -0.05) is 66.7 Å². The molecule has 3 aromatic carbocycles. The number of rotatable bonds is 3. The number of fused-ring (bicyclic) bond motifs is 1. The molecule has 0 heterocycles. The number of hydrogen-bond acceptors (Lipinski definition) is 2. The van der Waals surface area contributed by atoms with Gasteiger partial charge in [0, 0.05) is 12.1 Å². The normalized spacial score (nSPS) is 11.0. The van der Waals surface area contributed by atoms with Crippen molar-refractivity contribution in [2.75, 3.05) is 0 Å². The summed E-state index contributed by atoms with van der Waals surface area (Å²) in [5.41, 5.74) is 2.02. The maximum atomic E-state index is 10.8. The van der Waals surface area contributed by atoms with E-state index in [-0.39, 0.29) is 10.6 Å². The van der Waals surface area contributed by atoms with Crippen molar-refractivity contribution >= 4 is 28.6 Å². The predicted molar refractivity (Wildman–Crippen MR) is 86.0 cm³/mol. The van der Waals surface area contributed by atoms with Gasteiger partial charge in [-0.25, -0.2) is 0 Å². The van der Waals surface area contributed by atoms with Gasteiger partial charge in [-0.15, -0.1) is 0 Å². The van der Waals surface area contributed by atoms with Gasteiger partial charge in [0.15, 0.2) is 0 Å². The quantitative estimate of drug-likeness (QED) is 0.387. The van der Waals surface area contributed by atoms with Crippen molar-refractivity contribution in [2.45, 2.75) is 0 Å². The van der Waals surface area contributed by atoms with Crippen LogP contribution in [0.2, 0.25) is 0 Å². The van der Waals surface area contributed by atoms with Crippen LogP contribution in [0.15, 0.2) is 66.7 Å². The molecule has 0 aliphatic heterocycles. The van der Waals surface area contributed by atoms with Gasteiger partial charge in [0.25, 0.3) is 5.69 Å². The molecule has 0 fully saturated rings. The first kappa shape index (κ1) is 13.1. The van der Waals surface area contributed by atoms with E-state index < -0.39 is 0 Å². The summed E-state index contributed by atoms with van der Waals surface area (Å²) in [6.45, 7) is 0. The van der Waals surface area contributed by atoms with Crippen LogP contribution in [0.4, 0.5) is 5.69 Å². The first-order chi connectivity index (χ1) is 10.2. The van der Waals surface area contributed by atoms with E-state index in [0.29, 0.717) is 0 Å². The summed E-state index contributed by atoms with van der Waals surface area (Å²) in [6.07, 6.45) is 3.89. The van der Waals surface area contributed by atoms with Gasteiger partial charge >= 0.3 is 0 Å². The van der Waals surface area contributed by atoms with Crippen LogP contribution in [0.3, 0.4) is 0 Å². The van der Waals surface area contributed by atoms with Gasteiger partial charge in [-0.2, -0.15) is 0 Å². The Morgan fingerprint density at radius 2 is 1.62 bits per heavy atom. The van der Waals surface area contributed by atoms with Gasteiger partial charge in [-0.05, 0) is 21.9 Å². The largest absolute Gasteiger partial charge is 0.270 e. The lowest BCUT2D eigenvalue weighted by Crippen LogP contribution is -1.87. The minimum atomic E-state index is -0.380. The van der Waals surface area contributed by atoms with Crippen molar-refractivity contribution < 1.29 is 4.92 Å².